The molecule has 1 saturated heterocycles. The summed E-state index contributed by atoms with van der Waals surface area (Å²) in [4.78, 5) is 0. The molecule has 0 amide bonds. The van der Waals surface area contributed by atoms with E-state index in [0.29, 0.717) is 6.61 Å². The third-order valence-corrected chi connectivity index (χ3v) is 3.53. The van der Waals surface area contributed by atoms with Crippen LogP contribution in [0.15, 0.2) is 24.3 Å². The molecule has 1 aliphatic heterocycles. The molecule has 16 heavy (non-hydrogen) atoms. The van der Waals surface area contributed by atoms with Crippen molar-refractivity contribution >= 4 is 11.6 Å². The molecule has 1 unspecified atom stereocenters. The van der Waals surface area contributed by atoms with Gasteiger partial charge >= 0.3 is 0 Å². The number of methoxy groups -OCH3 is 1. The van der Waals surface area contributed by atoms with Crippen LogP contribution >= 0.6 is 11.6 Å². The molecule has 1 fully saturated rings. The zero-order chi connectivity index (χ0) is 11.4. The topological polar surface area (TPSA) is 21.3 Å². The summed E-state index contributed by atoms with van der Waals surface area (Å²) < 4.78 is 5.37. The zero-order valence-electron chi connectivity index (χ0n) is 9.63. The number of halogens is 1. The molecule has 0 bridgehead atoms. The van der Waals surface area contributed by atoms with E-state index >= 15 is 0 Å². The van der Waals surface area contributed by atoms with E-state index in [4.69, 9.17) is 16.3 Å². The molecule has 2 nitrogen and oxygen atoms in total. The molecule has 1 heterocycles. The highest BCUT2D eigenvalue weighted by molar-refractivity contribution is 6.30. The molecule has 3 heteroatoms. The summed E-state index contributed by atoms with van der Waals surface area (Å²) >= 11 is 5.92. The van der Waals surface area contributed by atoms with Crippen LogP contribution in [-0.4, -0.2) is 20.3 Å². The highest BCUT2D eigenvalue weighted by Gasteiger charge is 2.33. The normalized spacial score (nSPS) is 25.6. The minimum absolute atomic E-state index is 0.0163. The van der Waals surface area contributed by atoms with Gasteiger partial charge in [0.1, 0.15) is 0 Å². The van der Waals surface area contributed by atoms with Gasteiger partial charge in [0.05, 0.1) is 12.1 Å². The lowest BCUT2D eigenvalue weighted by Gasteiger charge is -2.38. The van der Waals surface area contributed by atoms with Crippen molar-refractivity contribution < 1.29 is 4.74 Å². The predicted octanol–water partition coefficient (Wildman–Crippen LogP) is 2.96. The van der Waals surface area contributed by atoms with Crippen molar-refractivity contribution in [3.63, 3.8) is 0 Å². The fraction of sp³-hybridized carbons (Fsp3) is 0.538. The largest absolute Gasteiger partial charge is 0.382 e. The minimum Gasteiger partial charge on any atom is -0.382 e. The lowest BCUT2D eigenvalue weighted by molar-refractivity contribution is 0.0884. The summed E-state index contributed by atoms with van der Waals surface area (Å²) in [5, 5.41) is 4.39. The van der Waals surface area contributed by atoms with Gasteiger partial charge in [-0.15, -0.1) is 0 Å². The van der Waals surface area contributed by atoms with Gasteiger partial charge in [-0.05, 0) is 43.5 Å². The Morgan fingerprint density at radius 3 is 2.62 bits per heavy atom. The first-order valence-corrected chi connectivity index (χ1v) is 6.15. The van der Waals surface area contributed by atoms with Crippen LogP contribution in [-0.2, 0) is 10.3 Å². The van der Waals surface area contributed by atoms with Crippen molar-refractivity contribution in [1.29, 1.82) is 0 Å². The molecule has 0 spiro atoms. The Morgan fingerprint density at radius 1 is 1.31 bits per heavy atom. The fourth-order valence-electron chi connectivity index (χ4n) is 2.44. The second-order valence-electron chi connectivity index (χ2n) is 4.41. The summed E-state index contributed by atoms with van der Waals surface area (Å²) in [5.41, 5.74) is 1.26. The number of hydrogen-bond donors (Lipinski definition) is 1. The average Bonchev–Trinajstić information content (AvgIpc) is 2.31. The molecule has 0 radical (unpaired) electrons. The van der Waals surface area contributed by atoms with Gasteiger partial charge in [0.25, 0.3) is 0 Å². The molecule has 88 valence electrons. The Kier molecular flexibility index (Phi) is 3.85. The van der Waals surface area contributed by atoms with Gasteiger partial charge < -0.3 is 10.1 Å². The summed E-state index contributed by atoms with van der Waals surface area (Å²) in [7, 11) is 1.76. The van der Waals surface area contributed by atoms with E-state index in [1.165, 1.54) is 18.4 Å². The average molecular weight is 240 g/mol. The molecular weight excluding hydrogens is 222 g/mol. The first kappa shape index (κ1) is 11.9. The quantitative estimate of drug-likeness (QED) is 0.876. The first-order chi connectivity index (χ1) is 7.77. The van der Waals surface area contributed by atoms with Gasteiger partial charge in [0.2, 0.25) is 0 Å². The Balaban J connectivity index is 2.26. The lowest BCUT2D eigenvalue weighted by Crippen LogP contribution is -2.49. The third-order valence-electron chi connectivity index (χ3n) is 3.28. The van der Waals surface area contributed by atoms with Crippen molar-refractivity contribution in [2.45, 2.75) is 24.8 Å². The van der Waals surface area contributed by atoms with Crippen molar-refractivity contribution in [2.75, 3.05) is 20.3 Å². The van der Waals surface area contributed by atoms with Crippen LogP contribution in [0.1, 0.15) is 24.8 Å². The first-order valence-electron chi connectivity index (χ1n) is 5.77. The highest BCUT2D eigenvalue weighted by atomic mass is 35.5. The van der Waals surface area contributed by atoms with Crippen molar-refractivity contribution in [3.05, 3.63) is 34.9 Å². The Hall–Kier alpha value is -0.570. The Bertz CT molecular complexity index is 325. The Morgan fingerprint density at radius 2 is 2.06 bits per heavy atom. The Labute approximate surface area is 102 Å². The van der Waals surface area contributed by atoms with Gasteiger partial charge in [-0.1, -0.05) is 23.7 Å². The SMILES string of the molecule is COCC1(c2ccc(Cl)cc2)CCCCN1. The number of nitrogens with one attached hydrogen (secondary N) is 1. The molecule has 0 saturated carbocycles. The standard InChI is InChI=1S/C13H18ClNO/c1-16-10-13(8-2-3-9-15-13)11-4-6-12(14)7-5-11/h4-7,15H,2-3,8-10H2,1H3. The maximum absolute atomic E-state index is 5.92. The van der Waals surface area contributed by atoms with Crippen LogP contribution in [0.25, 0.3) is 0 Å². The van der Waals surface area contributed by atoms with Gasteiger partial charge in [-0.3, -0.25) is 0 Å². The molecule has 1 aromatic carbocycles. The zero-order valence-corrected chi connectivity index (χ0v) is 10.4. The summed E-state index contributed by atoms with van der Waals surface area (Å²) in [6, 6.07) is 8.09. The van der Waals surface area contributed by atoms with E-state index in [-0.39, 0.29) is 5.54 Å². The molecule has 0 aromatic heterocycles. The summed E-state index contributed by atoms with van der Waals surface area (Å²) in [5.74, 6) is 0. The highest BCUT2D eigenvalue weighted by Crippen LogP contribution is 2.31. The minimum atomic E-state index is -0.0163. The summed E-state index contributed by atoms with van der Waals surface area (Å²) in [6.07, 6.45) is 3.63. The van der Waals surface area contributed by atoms with E-state index in [1.54, 1.807) is 7.11 Å². The smallest absolute Gasteiger partial charge is 0.0686 e. The molecule has 1 aromatic rings. The molecule has 1 N–H and O–H groups in total. The van der Waals surface area contributed by atoms with Crippen LogP contribution in [0.2, 0.25) is 5.02 Å². The molecule has 0 aliphatic carbocycles. The van der Waals surface area contributed by atoms with Crippen molar-refractivity contribution in [2.24, 2.45) is 0 Å². The van der Waals surface area contributed by atoms with Crippen LogP contribution in [0.3, 0.4) is 0 Å². The van der Waals surface area contributed by atoms with Crippen molar-refractivity contribution in [3.8, 4) is 0 Å². The van der Waals surface area contributed by atoms with E-state index in [9.17, 15) is 0 Å². The monoisotopic (exact) mass is 239 g/mol. The van der Waals surface area contributed by atoms with Gasteiger partial charge in [-0.25, -0.2) is 0 Å². The summed E-state index contributed by atoms with van der Waals surface area (Å²) in [6.45, 7) is 1.78. The maximum atomic E-state index is 5.92. The molecule has 1 aliphatic rings. The van der Waals surface area contributed by atoms with Gasteiger partial charge in [0, 0.05) is 12.1 Å². The van der Waals surface area contributed by atoms with Crippen molar-refractivity contribution in [1.82, 2.24) is 5.32 Å². The van der Waals surface area contributed by atoms with E-state index in [0.717, 1.165) is 18.0 Å². The van der Waals surface area contributed by atoms with E-state index < -0.39 is 0 Å². The van der Waals surface area contributed by atoms with E-state index in [1.807, 2.05) is 12.1 Å². The number of hydrogen-bond acceptors (Lipinski definition) is 2. The number of ether oxygens (including phenoxy) is 1. The predicted molar refractivity (Wildman–Crippen MR) is 66.9 cm³/mol. The van der Waals surface area contributed by atoms with E-state index in [2.05, 4.69) is 17.4 Å². The van der Waals surface area contributed by atoms with Gasteiger partial charge in [0.15, 0.2) is 0 Å². The van der Waals surface area contributed by atoms with Crippen LogP contribution < -0.4 is 5.32 Å². The maximum Gasteiger partial charge on any atom is 0.0686 e. The number of piperidine rings is 1. The fourth-order valence-corrected chi connectivity index (χ4v) is 2.56. The van der Waals surface area contributed by atoms with Crippen LogP contribution in [0, 0.1) is 0 Å². The second kappa shape index (κ2) is 5.17. The molecule has 1 atom stereocenters. The molecular formula is C13H18ClNO. The number of benzene rings is 1. The van der Waals surface area contributed by atoms with Gasteiger partial charge in [-0.2, -0.15) is 0 Å². The van der Waals surface area contributed by atoms with Crippen LogP contribution in [0.4, 0.5) is 0 Å². The number of rotatable bonds is 3. The van der Waals surface area contributed by atoms with Crippen LogP contribution in [0.5, 0.6) is 0 Å². The lowest BCUT2D eigenvalue weighted by atomic mass is 9.83. The molecule has 2 rings (SSSR count). The third kappa shape index (κ3) is 2.40. The second-order valence-corrected chi connectivity index (χ2v) is 4.84.